The van der Waals surface area contributed by atoms with Gasteiger partial charge in [0.25, 0.3) is 0 Å². The number of aliphatic hydroxyl groups excluding tert-OH is 1. The first-order chi connectivity index (χ1) is 7.38. The highest BCUT2D eigenvalue weighted by Crippen LogP contribution is 2.35. The first kappa shape index (κ1) is 16.1. The maximum Gasteiger partial charge on any atom is 0.416 e. The molecule has 0 aromatic heterocycles. The third-order valence-electron chi connectivity index (χ3n) is 2.17. The number of hydrogen-bond acceptors (Lipinski definition) is 2. The van der Waals surface area contributed by atoms with Gasteiger partial charge in [0.2, 0.25) is 0 Å². The normalized spacial score (nSPS) is 13.1. The lowest BCUT2D eigenvalue weighted by molar-refractivity contribution is -0.138. The second-order valence-electron chi connectivity index (χ2n) is 3.32. The highest BCUT2D eigenvalue weighted by molar-refractivity contribution is 5.85. The number of nitrogens with two attached hydrogens (primary N) is 1. The fraction of sp³-hybridized carbons (Fsp3) is 0.400. The van der Waals surface area contributed by atoms with Crippen molar-refractivity contribution < 1.29 is 22.7 Å². The minimum Gasteiger partial charge on any atom is -0.396 e. The summed E-state index contributed by atoms with van der Waals surface area (Å²) in [6.07, 6.45) is -4.77. The fourth-order valence-corrected chi connectivity index (χ4v) is 1.44. The van der Waals surface area contributed by atoms with Crippen molar-refractivity contribution in [1.82, 2.24) is 0 Å². The molecule has 0 aliphatic rings. The third-order valence-corrected chi connectivity index (χ3v) is 2.17. The summed E-state index contributed by atoms with van der Waals surface area (Å²) in [6, 6.07) is 1.51. The maximum atomic E-state index is 13.3. The summed E-state index contributed by atoms with van der Waals surface area (Å²) in [5.74, 6) is -1.00. The van der Waals surface area contributed by atoms with E-state index in [-0.39, 0.29) is 18.8 Å². The monoisotopic (exact) mass is 273 g/mol. The Labute approximate surface area is 102 Å². The summed E-state index contributed by atoms with van der Waals surface area (Å²) in [5, 5.41) is 8.60. The van der Waals surface area contributed by atoms with Crippen LogP contribution in [0.2, 0.25) is 0 Å². The average molecular weight is 274 g/mol. The summed E-state index contributed by atoms with van der Waals surface area (Å²) in [5.41, 5.74) is 3.72. The largest absolute Gasteiger partial charge is 0.416 e. The molecule has 0 fully saturated rings. The Hall–Kier alpha value is -0.850. The van der Waals surface area contributed by atoms with E-state index < -0.39 is 35.8 Å². The Kier molecular flexibility index (Phi) is 5.87. The maximum absolute atomic E-state index is 13.3. The summed E-state index contributed by atoms with van der Waals surface area (Å²) in [7, 11) is 0. The molecule has 3 N–H and O–H groups in total. The number of benzene rings is 1. The van der Waals surface area contributed by atoms with Crippen LogP contribution in [0.5, 0.6) is 0 Å². The molecule has 0 unspecified atom stereocenters. The summed E-state index contributed by atoms with van der Waals surface area (Å²) in [4.78, 5) is 0. The first-order valence-corrected chi connectivity index (χ1v) is 4.60. The molecule has 0 heterocycles. The van der Waals surface area contributed by atoms with Crippen LogP contribution >= 0.6 is 12.4 Å². The van der Waals surface area contributed by atoms with Crippen LogP contribution in [0.4, 0.5) is 17.6 Å². The van der Waals surface area contributed by atoms with E-state index in [0.29, 0.717) is 0 Å². The summed E-state index contributed by atoms with van der Waals surface area (Å²) in [6.45, 7) is -0.396. The Balaban J connectivity index is 0.00000256. The number of alkyl halides is 3. The van der Waals surface area contributed by atoms with Crippen LogP contribution in [0.3, 0.4) is 0 Å². The summed E-state index contributed by atoms with van der Waals surface area (Å²) >= 11 is 0. The molecular weight excluding hydrogens is 262 g/mol. The Morgan fingerprint density at radius 2 is 1.88 bits per heavy atom. The Morgan fingerprint density at radius 3 is 2.35 bits per heavy atom. The van der Waals surface area contributed by atoms with Gasteiger partial charge in [0.1, 0.15) is 5.82 Å². The molecule has 0 radical (unpaired) electrons. The number of halogens is 5. The van der Waals surface area contributed by atoms with Crippen molar-refractivity contribution in [2.45, 2.75) is 18.6 Å². The number of aliphatic hydroxyl groups is 1. The van der Waals surface area contributed by atoms with Crippen molar-refractivity contribution in [2.24, 2.45) is 5.73 Å². The zero-order chi connectivity index (χ0) is 12.3. The van der Waals surface area contributed by atoms with Crippen LogP contribution in [-0.4, -0.2) is 11.7 Å². The number of hydrogen-bond donors (Lipinski definition) is 2. The van der Waals surface area contributed by atoms with E-state index in [4.69, 9.17) is 10.8 Å². The molecule has 0 bridgehead atoms. The molecule has 0 saturated heterocycles. The van der Waals surface area contributed by atoms with Crippen molar-refractivity contribution in [3.63, 3.8) is 0 Å². The lowest BCUT2D eigenvalue weighted by Crippen LogP contribution is -2.20. The van der Waals surface area contributed by atoms with Crippen LogP contribution in [0, 0.1) is 5.82 Å². The van der Waals surface area contributed by atoms with Gasteiger partial charge in [-0.2, -0.15) is 13.2 Å². The fourth-order valence-electron chi connectivity index (χ4n) is 1.44. The highest BCUT2D eigenvalue weighted by atomic mass is 35.5. The zero-order valence-electron chi connectivity index (χ0n) is 8.67. The van der Waals surface area contributed by atoms with E-state index in [1.54, 1.807) is 0 Å². The minimum atomic E-state index is -4.65. The zero-order valence-corrected chi connectivity index (χ0v) is 9.48. The molecule has 1 aromatic carbocycles. The van der Waals surface area contributed by atoms with Gasteiger partial charge < -0.3 is 10.8 Å². The molecule has 17 heavy (non-hydrogen) atoms. The van der Waals surface area contributed by atoms with Gasteiger partial charge in [-0.3, -0.25) is 0 Å². The molecule has 0 saturated carbocycles. The number of rotatable bonds is 3. The lowest BCUT2D eigenvalue weighted by atomic mass is 9.98. The van der Waals surface area contributed by atoms with Gasteiger partial charge in [-0.1, -0.05) is 6.07 Å². The molecule has 1 atom stereocenters. The molecule has 0 amide bonds. The van der Waals surface area contributed by atoms with Gasteiger partial charge in [0, 0.05) is 18.2 Å². The van der Waals surface area contributed by atoms with Crippen LogP contribution < -0.4 is 5.73 Å². The molecule has 7 heteroatoms. The van der Waals surface area contributed by atoms with Crippen LogP contribution in [0.25, 0.3) is 0 Å². The van der Waals surface area contributed by atoms with Crippen LogP contribution in [0.15, 0.2) is 18.2 Å². The van der Waals surface area contributed by atoms with Gasteiger partial charge in [0.05, 0.1) is 5.56 Å². The highest BCUT2D eigenvalue weighted by Gasteiger charge is 2.35. The quantitative estimate of drug-likeness (QED) is 0.832. The van der Waals surface area contributed by atoms with Crippen LogP contribution in [0.1, 0.15) is 23.6 Å². The van der Waals surface area contributed by atoms with E-state index in [1.807, 2.05) is 0 Å². The molecule has 2 nitrogen and oxygen atoms in total. The van der Waals surface area contributed by atoms with E-state index in [9.17, 15) is 17.6 Å². The van der Waals surface area contributed by atoms with Crippen molar-refractivity contribution in [2.75, 3.05) is 6.61 Å². The molecule has 1 rings (SSSR count). The molecule has 0 aliphatic carbocycles. The van der Waals surface area contributed by atoms with Gasteiger partial charge in [-0.05, 0) is 18.6 Å². The second kappa shape index (κ2) is 6.18. The van der Waals surface area contributed by atoms with Crippen molar-refractivity contribution in [3.05, 3.63) is 35.1 Å². The van der Waals surface area contributed by atoms with Crippen molar-refractivity contribution in [1.29, 1.82) is 0 Å². The molecule has 98 valence electrons. The van der Waals surface area contributed by atoms with Crippen LogP contribution in [-0.2, 0) is 6.18 Å². The average Bonchev–Trinajstić information content (AvgIpc) is 2.16. The first-order valence-electron chi connectivity index (χ1n) is 4.60. The van der Waals surface area contributed by atoms with E-state index in [0.717, 1.165) is 18.2 Å². The Bertz CT molecular complexity index is 370. The predicted molar refractivity (Wildman–Crippen MR) is 57.3 cm³/mol. The van der Waals surface area contributed by atoms with Gasteiger partial charge in [-0.25, -0.2) is 4.39 Å². The van der Waals surface area contributed by atoms with Crippen molar-refractivity contribution in [3.8, 4) is 0 Å². The predicted octanol–water partition coefficient (Wildman–Crippen LogP) is 2.65. The molecule has 1 aromatic rings. The SMILES string of the molecule is Cl.N[C@H](CCO)c1c(F)cccc1C(F)(F)F. The summed E-state index contributed by atoms with van der Waals surface area (Å²) < 4.78 is 50.9. The standard InChI is InChI=1S/C10H11F4NO.ClH/c11-7-3-1-2-6(10(12,13)14)9(7)8(15)4-5-16;/h1-3,8,16H,4-5,15H2;1H/t8-;/m1./s1. The lowest BCUT2D eigenvalue weighted by Gasteiger charge is -2.18. The molecular formula is C10H12ClF4NO. The van der Waals surface area contributed by atoms with E-state index in [2.05, 4.69) is 0 Å². The van der Waals surface area contributed by atoms with Gasteiger partial charge in [0.15, 0.2) is 0 Å². The Morgan fingerprint density at radius 1 is 1.29 bits per heavy atom. The topological polar surface area (TPSA) is 46.2 Å². The van der Waals surface area contributed by atoms with E-state index >= 15 is 0 Å². The second-order valence-corrected chi connectivity index (χ2v) is 3.32. The van der Waals surface area contributed by atoms with E-state index in [1.165, 1.54) is 0 Å². The molecule has 0 aliphatic heterocycles. The van der Waals surface area contributed by atoms with Crippen molar-refractivity contribution >= 4 is 12.4 Å². The van der Waals surface area contributed by atoms with Gasteiger partial charge >= 0.3 is 6.18 Å². The third kappa shape index (κ3) is 3.83. The van der Waals surface area contributed by atoms with Gasteiger partial charge in [-0.15, -0.1) is 12.4 Å². The smallest absolute Gasteiger partial charge is 0.396 e. The minimum absolute atomic E-state index is 0. The molecule has 0 spiro atoms.